The summed E-state index contributed by atoms with van der Waals surface area (Å²) in [5.41, 5.74) is -0.761. The molecule has 35 heavy (non-hydrogen) atoms. The summed E-state index contributed by atoms with van der Waals surface area (Å²) in [7, 11) is 0. The normalized spacial score (nSPS) is 12.3. The van der Waals surface area contributed by atoms with Crippen LogP contribution in [0.2, 0.25) is 0 Å². The fourth-order valence-corrected chi connectivity index (χ4v) is 3.43. The van der Waals surface area contributed by atoms with Crippen LogP contribution in [0.25, 0.3) is 0 Å². The molecule has 3 amide bonds. The Hall–Kier alpha value is -2.75. The summed E-state index contributed by atoms with van der Waals surface area (Å²) in [5, 5.41) is 2.36. The summed E-state index contributed by atoms with van der Waals surface area (Å²) < 4.78 is 15.9. The van der Waals surface area contributed by atoms with Gasteiger partial charge in [0.2, 0.25) is 5.12 Å². The molecule has 196 valence electrons. The molecule has 0 aliphatic rings. The van der Waals surface area contributed by atoms with Crippen molar-refractivity contribution in [3.63, 3.8) is 0 Å². The maximum atomic E-state index is 12.7. The molecule has 1 rings (SSSR count). The van der Waals surface area contributed by atoms with Crippen molar-refractivity contribution in [3.05, 3.63) is 35.9 Å². The van der Waals surface area contributed by atoms with Crippen LogP contribution in [0.5, 0.6) is 0 Å². The zero-order valence-corrected chi connectivity index (χ0v) is 22.5. The third-order valence-electron chi connectivity index (χ3n) is 4.18. The second kappa shape index (κ2) is 14.0. The van der Waals surface area contributed by atoms with E-state index in [1.165, 1.54) is 0 Å². The van der Waals surface area contributed by atoms with Gasteiger partial charge in [-0.25, -0.2) is 19.3 Å². The summed E-state index contributed by atoms with van der Waals surface area (Å²) in [6, 6.07) is 8.24. The third-order valence-corrected chi connectivity index (χ3v) is 5.03. The fourth-order valence-electron chi connectivity index (χ4n) is 2.77. The second-order valence-corrected chi connectivity index (χ2v) is 11.0. The molecule has 0 bridgehead atoms. The van der Waals surface area contributed by atoms with Gasteiger partial charge in [-0.15, -0.1) is 0 Å². The average Bonchev–Trinajstić information content (AvgIpc) is 2.72. The maximum Gasteiger partial charge on any atom is 0.419 e. The number of hydrogen-bond acceptors (Lipinski definition) is 8. The Kier molecular flexibility index (Phi) is 12.1. The summed E-state index contributed by atoms with van der Waals surface area (Å²) in [6.45, 7) is 12.0. The van der Waals surface area contributed by atoms with Crippen LogP contribution in [0.15, 0.2) is 30.3 Å². The molecule has 1 N–H and O–H groups in total. The van der Waals surface area contributed by atoms with Crippen molar-refractivity contribution < 1.29 is 33.4 Å². The van der Waals surface area contributed by atoms with Gasteiger partial charge in [-0.2, -0.15) is 0 Å². The van der Waals surface area contributed by atoms with Crippen LogP contribution < -0.4 is 5.32 Å². The van der Waals surface area contributed by atoms with Crippen LogP contribution in [0.3, 0.4) is 0 Å². The number of carbonyl (C=O) groups is 4. The number of hydrogen-bond donors (Lipinski definition) is 1. The van der Waals surface area contributed by atoms with Crippen molar-refractivity contribution in [2.24, 2.45) is 0 Å². The molecular formula is C25H38N2O7S. The van der Waals surface area contributed by atoms with Crippen LogP contribution in [0, 0.1) is 0 Å². The Balaban J connectivity index is 2.86. The lowest BCUT2D eigenvalue weighted by Gasteiger charge is -2.26. The van der Waals surface area contributed by atoms with Crippen LogP contribution in [-0.2, 0) is 25.6 Å². The number of benzene rings is 1. The molecule has 0 spiro atoms. The number of amides is 3. The number of carbonyl (C=O) groups excluding carboxylic acids is 4. The molecule has 0 fully saturated rings. The van der Waals surface area contributed by atoms with Gasteiger partial charge in [-0.1, -0.05) is 49.0 Å². The van der Waals surface area contributed by atoms with Crippen molar-refractivity contribution >= 4 is 35.2 Å². The topological polar surface area (TPSA) is 111 Å². The number of nitrogens with zero attached hydrogens (tertiary/aromatic N) is 1. The van der Waals surface area contributed by atoms with Crippen molar-refractivity contribution in [3.8, 4) is 0 Å². The molecule has 0 unspecified atom stereocenters. The van der Waals surface area contributed by atoms with Gasteiger partial charge < -0.3 is 19.5 Å². The highest BCUT2D eigenvalue weighted by Crippen LogP contribution is 2.16. The van der Waals surface area contributed by atoms with E-state index in [1.54, 1.807) is 53.7 Å². The van der Waals surface area contributed by atoms with Crippen LogP contribution in [0.1, 0.15) is 66.9 Å². The van der Waals surface area contributed by atoms with E-state index >= 15 is 0 Å². The lowest BCUT2D eigenvalue weighted by Crippen LogP contribution is -2.44. The van der Waals surface area contributed by atoms with E-state index in [9.17, 15) is 19.2 Å². The average molecular weight is 511 g/mol. The summed E-state index contributed by atoms with van der Waals surface area (Å²) >= 11 is 1.08. The van der Waals surface area contributed by atoms with E-state index in [0.717, 1.165) is 22.2 Å². The minimum atomic E-state index is -0.853. The van der Waals surface area contributed by atoms with E-state index in [1.807, 2.05) is 25.1 Å². The molecule has 0 aliphatic heterocycles. The quantitative estimate of drug-likeness (QED) is 0.433. The summed E-state index contributed by atoms with van der Waals surface area (Å²) in [4.78, 5) is 51.0. The minimum Gasteiger partial charge on any atom is -0.444 e. The Morgan fingerprint density at radius 1 is 0.943 bits per heavy atom. The van der Waals surface area contributed by atoms with Gasteiger partial charge >= 0.3 is 18.3 Å². The van der Waals surface area contributed by atoms with Crippen molar-refractivity contribution in [1.82, 2.24) is 10.2 Å². The summed E-state index contributed by atoms with van der Waals surface area (Å²) in [5.74, 6) is 0.543. The highest BCUT2D eigenvalue weighted by molar-refractivity contribution is 8.13. The molecule has 9 nitrogen and oxygen atoms in total. The Bertz CT molecular complexity index is 848. The number of ether oxygens (including phenoxy) is 3. The Morgan fingerprint density at radius 3 is 2.09 bits per heavy atom. The predicted octanol–water partition coefficient (Wildman–Crippen LogP) is 5.51. The Labute approximate surface area is 212 Å². The molecule has 1 atom stereocenters. The van der Waals surface area contributed by atoms with Gasteiger partial charge in [0.1, 0.15) is 23.9 Å². The zero-order chi connectivity index (χ0) is 26.6. The van der Waals surface area contributed by atoms with Gasteiger partial charge in [0.05, 0.1) is 0 Å². The Morgan fingerprint density at radius 2 is 1.54 bits per heavy atom. The monoisotopic (exact) mass is 510 g/mol. The predicted molar refractivity (Wildman–Crippen MR) is 135 cm³/mol. The summed E-state index contributed by atoms with van der Waals surface area (Å²) in [6.07, 6.45) is -1.98. The van der Waals surface area contributed by atoms with Gasteiger partial charge in [0, 0.05) is 6.54 Å². The number of nitrogens with one attached hydrogen (secondary N) is 1. The lowest BCUT2D eigenvalue weighted by molar-refractivity contribution is -0.113. The molecule has 0 aliphatic carbocycles. The molecule has 0 heterocycles. The first-order chi connectivity index (χ1) is 16.2. The molecule has 0 saturated carbocycles. The van der Waals surface area contributed by atoms with Crippen molar-refractivity contribution in [2.75, 3.05) is 12.3 Å². The van der Waals surface area contributed by atoms with Crippen LogP contribution in [-0.4, -0.2) is 57.8 Å². The van der Waals surface area contributed by atoms with Gasteiger partial charge in [-0.3, -0.25) is 4.79 Å². The molecule has 1 aromatic carbocycles. The first kappa shape index (κ1) is 30.3. The van der Waals surface area contributed by atoms with E-state index in [-0.39, 0.29) is 31.1 Å². The SMILES string of the molecule is CCSC(=O)[C@H](CCCN(C(=O)OCc1ccccc1)C(=O)OC(C)(C)C)NC(=O)OC(C)(C)C. The minimum absolute atomic E-state index is 0.00653. The molecule has 0 aromatic heterocycles. The molecule has 0 radical (unpaired) electrons. The van der Waals surface area contributed by atoms with Crippen molar-refractivity contribution in [2.45, 2.75) is 85.2 Å². The molecule has 0 saturated heterocycles. The zero-order valence-electron chi connectivity index (χ0n) is 21.7. The smallest absolute Gasteiger partial charge is 0.419 e. The standard InChI is InChI=1S/C25H38N2O7S/c1-8-35-20(28)19(26-21(29)33-24(2,3)4)15-12-16-27(23(31)34-25(5,6)7)22(30)32-17-18-13-10-9-11-14-18/h9-11,13-14,19H,8,12,15-17H2,1-7H3,(H,26,29)/t19-/m0/s1. The van der Waals surface area contributed by atoms with E-state index in [4.69, 9.17) is 14.2 Å². The highest BCUT2D eigenvalue weighted by Gasteiger charge is 2.30. The largest absolute Gasteiger partial charge is 0.444 e. The van der Waals surface area contributed by atoms with Gasteiger partial charge in [0.15, 0.2) is 0 Å². The molecule has 10 heteroatoms. The third kappa shape index (κ3) is 13.1. The number of thioether (sulfide) groups is 1. The molecular weight excluding hydrogens is 472 g/mol. The molecule has 1 aromatic rings. The number of rotatable bonds is 9. The van der Waals surface area contributed by atoms with E-state index in [0.29, 0.717) is 5.75 Å². The van der Waals surface area contributed by atoms with Crippen molar-refractivity contribution in [1.29, 1.82) is 0 Å². The first-order valence-electron chi connectivity index (χ1n) is 11.6. The van der Waals surface area contributed by atoms with E-state index in [2.05, 4.69) is 5.32 Å². The van der Waals surface area contributed by atoms with Gasteiger partial charge in [0.25, 0.3) is 0 Å². The van der Waals surface area contributed by atoms with Crippen LogP contribution >= 0.6 is 11.8 Å². The maximum absolute atomic E-state index is 12.7. The fraction of sp³-hybridized carbons (Fsp3) is 0.600. The lowest BCUT2D eigenvalue weighted by atomic mass is 10.1. The number of imide groups is 1. The number of alkyl carbamates (subject to hydrolysis) is 1. The van der Waals surface area contributed by atoms with Gasteiger partial charge in [-0.05, 0) is 65.7 Å². The van der Waals surface area contributed by atoms with E-state index < -0.39 is 35.5 Å². The highest BCUT2D eigenvalue weighted by atomic mass is 32.2. The second-order valence-electron chi connectivity index (χ2n) is 9.77. The van der Waals surface area contributed by atoms with Crippen LogP contribution in [0.4, 0.5) is 14.4 Å². The first-order valence-corrected chi connectivity index (χ1v) is 12.6.